The van der Waals surface area contributed by atoms with Gasteiger partial charge in [0, 0.05) is 19.0 Å². The first kappa shape index (κ1) is 21.3. The van der Waals surface area contributed by atoms with Crippen LogP contribution in [0.25, 0.3) is 0 Å². The number of halogens is 1. The molecular formula is C22H24FN3O4S. The third-order valence-corrected chi connectivity index (χ3v) is 6.79. The Morgan fingerprint density at radius 3 is 2.65 bits per heavy atom. The van der Waals surface area contributed by atoms with Gasteiger partial charge in [0.05, 0.1) is 5.69 Å². The van der Waals surface area contributed by atoms with Crippen LogP contribution in [0.15, 0.2) is 57.8 Å². The molecule has 2 aromatic carbocycles. The molecule has 4 rings (SSSR count). The summed E-state index contributed by atoms with van der Waals surface area (Å²) in [6.07, 6.45) is 1.43. The number of hydrogen-bond acceptors (Lipinski definition) is 5. The standard InChI is InChI=1S/C22H24FN3O4S/c1-22(2,30-17-11-9-16(23)10-12-17)21(27)26-13-5-6-15(14-26)20-24-18-7-3-4-8-19(18)31(28,29)25-20/h3-4,7-12,15H,5-6,13-14H2,1-2H3,(H,24,25)/t15-/m0/s1. The Balaban J connectivity index is 1.50. The van der Waals surface area contributed by atoms with Crippen LogP contribution in [-0.4, -0.2) is 43.8 Å². The second-order valence-corrected chi connectivity index (χ2v) is 9.80. The van der Waals surface area contributed by atoms with Crippen molar-refractivity contribution in [2.24, 2.45) is 10.3 Å². The molecule has 0 saturated carbocycles. The van der Waals surface area contributed by atoms with Crippen LogP contribution in [0, 0.1) is 11.7 Å². The number of nitrogens with zero attached hydrogens (tertiary/aromatic N) is 2. The van der Waals surface area contributed by atoms with Gasteiger partial charge in [0.1, 0.15) is 22.3 Å². The molecule has 1 N–H and O–H groups in total. The summed E-state index contributed by atoms with van der Waals surface area (Å²) < 4.78 is 48.1. The number of sulfonamides is 1. The van der Waals surface area contributed by atoms with Crippen molar-refractivity contribution in [1.82, 2.24) is 4.90 Å². The summed E-state index contributed by atoms with van der Waals surface area (Å²) in [7, 11) is -3.78. The molecular weight excluding hydrogens is 421 g/mol. The van der Waals surface area contributed by atoms with Gasteiger partial charge in [-0.05, 0) is 63.1 Å². The van der Waals surface area contributed by atoms with Crippen LogP contribution in [0.3, 0.4) is 0 Å². The highest BCUT2D eigenvalue weighted by Crippen LogP contribution is 2.31. The van der Waals surface area contributed by atoms with Crippen LogP contribution >= 0.6 is 0 Å². The second kappa shape index (κ2) is 7.96. The van der Waals surface area contributed by atoms with E-state index < -0.39 is 15.6 Å². The fourth-order valence-electron chi connectivity index (χ4n) is 3.92. The summed E-state index contributed by atoms with van der Waals surface area (Å²) in [5.74, 6) is -0.0842. The first-order valence-electron chi connectivity index (χ1n) is 10.1. The number of benzene rings is 2. The molecule has 1 saturated heterocycles. The number of anilines is 1. The number of amides is 1. The highest BCUT2D eigenvalue weighted by atomic mass is 32.2. The van der Waals surface area contributed by atoms with Crippen molar-refractivity contribution in [3.63, 3.8) is 0 Å². The van der Waals surface area contributed by atoms with Crippen molar-refractivity contribution < 1.29 is 22.3 Å². The van der Waals surface area contributed by atoms with Crippen molar-refractivity contribution in [3.8, 4) is 5.75 Å². The maximum Gasteiger partial charge on any atom is 0.286 e. The van der Waals surface area contributed by atoms with Crippen molar-refractivity contribution in [3.05, 3.63) is 54.3 Å². The lowest BCUT2D eigenvalue weighted by molar-refractivity contribution is -0.146. The van der Waals surface area contributed by atoms with Crippen molar-refractivity contribution in [1.29, 1.82) is 0 Å². The number of piperidine rings is 1. The summed E-state index contributed by atoms with van der Waals surface area (Å²) >= 11 is 0. The number of nitrogens with one attached hydrogen (secondary N) is 1. The van der Waals surface area contributed by atoms with Gasteiger partial charge >= 0.3 is 0 Å². The third-order valence-electron chi connectivity index (χ3n) is 5.44. The molecule has 9 heteroatoms. The summed E-state index contributed by atoms with van der Waals surface area (Å²) in [6, 6.07) is 12.1. The van der Waals surface area contributed by atoms with E-state index >= 15 is 0 Å². The zero-order valence-electron chi connectivity index (χ0n) is 17.3. The predicted octanol–water partition coefficient (Wildman–Crippen LogP) is 3.43. The minimum absolute atomic E-state index is 0.149. The Morgan fingerprint density at radius 2 is 1.90 bits per heavy atom. The van der Waals surface area contributed by atoms with E-state index in [2.05, 4.69) is 9.71 Å². The van der Waals surface area contributed by atoms with Gasteiger partial charge < -0.3 is 15.0 Å². The molecule has 0 bridgehead atoms. The predicted molar refractivity (Wildman–Crippen MR) is 115 cm³/mol. The largest absolute Gasteiger partial charge is 0.478 e. The molecule has 0 radical (unpaired) electrons. The molecule has 2 aliphatic rings. The summed E-state index contributed by atoms with van der Waals surface area (Å²) in [5, 5.41) is 3.13. The van der Waals surface area contributed by atoms with E-state index in [0.29, 0.717) is 43.2 Å². The van der Waals surface area contributed by atoms with Crippen LogP contribution in [-0.2, 0) is 14.8 Å². The SMILES string of the molecule is CC(C)(Oc1ccc(F)cc1)C(=O)N1CCC[C@H](C2=NS(=O)(=O)c3ccccc3N2)C1. The molecule has 31 heavy (non-hydrogen) atoms. The summed E-state index contributed by atoms with van der Waals surface area (Å²) in [6.45, 7) is 4.21. The van der Waals surface area contributed by atoms with Gasteiger partial charge in [-0.3, -0.25) is 4.79 Å². The van der Waals surface area contributed by atoms with E-state index in [9.17, 15) is 17.6 Å². The van der Waals surface area contributed by atoms with Crippen molar-refractivity contribution >= 4 is 27.5 Å². The monoisotopic (exact) mass is 445 g/mol. The number of likely N-dealkylation sites (tertiary alicyclic amines) is 1. The Kier molecular flexibility index (Phi) is 5.47. The summed E-state index contributed by atoms with van der Waals surface area (Å²) in [5.41, 5.74) is -0.670. The molecule has 2 aromatic rings. The van der Waals surface area contributed by atoms with Gasteiger partial charge in [-0.25, -0.2) is 4.39 Å². The Labute approximate surface area is 181 Å². The Morgan fingerprint density at radius 1 is 1.19 bits per heavy atom. The molecule has 2 aliphatic heterocycles. The van der Waals surface area contributed by atoms with E-state index in [1.165, 1.54) is 30.3 Å². The van der Waals surface area contributed by atoms with Gasteiger partial charge in [0.15, 0.2) is 5.60 Å². The van der Waals surface area contributed by atoms with Gasteiger partial charge in [-0.15, -0.1) is 4.40 Å². The quantitative estimate of drug-likeness (QED) is 0.779. The molecule has 1 atom stereocenters. The number of rotatable bonds is 4. The van der Waals surface area contributed by atoms with Crippen LogP contribution in [0.4, 0.5) is 10.1 Å². The minimum Gasteiger partial charge on any atom is -0.478 e. The molecule has 0 aliphatic carbocycles. The number of para-hydroxylation sites is 1. The Bertz CT molecular complexity index is 1130. The lowest BCUT2D eigenvalue weighted by Gasteiger charge is -2.38. The number of amidine groups is 1. The highest BCUT2D eigenvalue weighted by molar-refractivity contribution is 7.90. The first-order chi connectivity index (χ1) is 14.7. The smallest absolute Gasteiger partial charge is 0.286 e. The first-order valence-corrected chi connectivity index (χ1v) is 11.5. The fraction of sp³-hybridized carbons (Fsp3) is 0.364. The molecule has 0 spiro atoms. The van der Waals surface area contributed by atoms with E-state index in [-0.39, 0.29) is 22.5 Å². The molecule has 7 nitrogen and oxygen atoms in total. The number of carbonyl (C=O) groups excluding carboxylic acids is 1. The molecule has 164 valence electrons. The maximum absolute atomic E-state index is 13.2. The topological polar surface area (TPSA) is 88.1 Å². The fourth-order valence-corrected chi connectivity index (χ4v) is 5.12. The highest BCUT2D eigenvalue weighted by Gasteiger charge is 2.38. The Hall–Kier alpha value is -2.94. The molecule has 1 amide bonds. The maximum atomic E-state index is 13.2. The van der Waals surface area contributed by atoms with Gasteiger partial charge in [-0.2, -0.15) is 8.42 Å². The van der Waals surface area contributed by atoms with Gasteiger partial charge in [0.25, 0.3) is 15.9 Å². The molecule has 1 fully saturated rings. The average Bonchev–Trinajstić information content (AvgIpc) is 2.74. The van der Waals surface area contributed by atoms with E-state index in [0.717, 1.165) is 0 Å². The van der Waals surface area contributed by atoms with E-state index in [4.69, 9.17) is 4.74 Å². The molecule has 0 unspecified atom stereocenters. The van der Waals surface area contributed by atoms with Gasteiger partial charge in [-0.1, -0.05) is 12.1 Å². The molecule has 2 heterocycles. The van der Waals surface area contributed by atoms with Crippen molar-refractivity contribution in [2.75, 3.05) is 18.4 Å². The van der Waals surface area contributed by atoms with Crippen LogP contribution in [0.5, 0.6) is 5.75 Å². The minimum atomic E-state index is -3.78. The van der Waals surface area contributed by atoms with Crippen LogP contribution in [0.2, 0.25) is 0 Å². The number of carbonyl (C=O) groups is 1. The van der Waals surface area contributed by atoms with Crippen molar-refractivity contribution in [2.45, 2.75) is 37.2 Å². The average molecular weight is 446 g/mol. The second-order valence-electron chi connectivity index (χ2n) is 8.23. The van der Waals surface area contributed by atoms with E-state index in [1.54, 1.807) is 36.9 Å². The zero-order chi connectivity index (χ0) is 22.2. The lowest BCUT2D eigenvalue weighted by Crippen LogP contribution is -2.53. The van der Waals surface area contributed by atoms with Gasteiger partial charge in [0.2, 0.25) is 0 Å². The van der Waals surface area contributed by atoms with Crippen LogP contribution < -0.4 is 10.1 Å². The van der Waals surface area contributed by atoms with Crippen LogP contribution in [0.1, 0.15) is 26.7 Å². The zero-order valence-corrected chi connectivity index (χ0v) is 18.2. The number of hydrogen-bond donors (Lipinski definition) is 1. The molecule has 0 aromatic heterocycles. The normalized spacial score (nSPS) is 20.3. The summed E-state index contributed by atoms with van der Waals surface area (Å²) in [4.78, 5) is 15.0. The lowest BCUT2D eigenvalue weighted by atomic mass is 9.94. The third kappa shape index (κ3) is 4.41. The number of fused-ring (bicyclic) bond motifs is 1. The van der Waals surface area contributed by atoms with E-state index in [1.807, 2.05) is 0 Å². The number of ether oxygens (including phenoxy) is 1.